The van der Waals surface area contributed by atoms with Crippen molar-refractivity contribution in [1.82, 2.24) is 0 Å². The molecular weight excluding hydrogens is 463 g/mol. The maximum absolute atomic E-state index is 13.6. The van der Waals surface area contributed by atoms with Crippen molar-refractivity contribution >= 4 is 19.4 Å². The Morgan fingerprint density at radius 3 is 2.65 bits per heavy atom. The quantitative estimate of drug-likeness (QED) is 0.501. The second kappa shape index (κ2) is 7.42. The molecule has 0 radical (unpaired) electrons. The van der Waals surface area contributed by atoms with E-state index in [1.165, 1.54) is 0 Å². The number of ether oxygens (including phenoxy) is 2. The molecule has 3 saturated carbocycles. The summed E-state index contributed by atoms with van der Waals surface area (Å²) in [6.45, 7) is 6.64. The number of phosphoric ester groups is 1. The van der Waals surface area contributed by atoms with Gasteiger partial charge in [0, 0.05) is 16.7 Å². The zero-order chi connectivity index (χ0) is 24.9. The molecule has 0 bridgehead atoms. The predicted octanol–water partition coefficient (Wildman–Crippen LogP) is 2.44. The Hall–Kier alpha value is -1.19. The number of ketones is 2. The highest BCUT2D eigenvalue weighted by atomic mass is 31.2. The number of hydrogen-bond acceptors (Lipinski definition) is 7. The van der Waals surface area contributed by atoms with Crippen LogP contribution in [0, 0.1) is 28.6 Å². The van der Waals surface area contributed by atoms with E-state index in [9.17, 15) is 29.0 Å². The first-order chi connectivity index (χ1) is 15.6. The van der Waals surface area contributed by atoms with Crippen LogP contribution in [-0.2, 0) is 28.2 Å². The number of fused-ring (bicyclic) bond motifs is 7. The van der Waals surface area contributed by atoms with E-state index in [1.807, 2.05) is 13.0 Å². The standard InChI is InChI=1S/C24H33O9P/c1-21(2)32-19-10-16-15-6-5-13-9-14(25)7-8-22(13,3)20(15)17(26)11-23(16,4)24(19,33-21)18(27)12-31-34(28,29)30/h7-9,15-17,19-20,26H,5-6,10-12H2,1-4H3,(H2,28,29,30)/t15?,16?,17?,19-,20?,22-,23-,24+/m0/s1. The average molecular weight is 496 g/mol. The lowest BCUT2D eigenvalue weighted by Gasteiger charge is -2.59. The van der Waals surface area contributed by atoms with Gasteiger partial charge in [-0.15, -0.1) is 0 Å². The van der Waals surface area contributed by atoms with Crippen molar-refractivity contribution in [2.75, 3.05) is 6.61 Å². The highest BCUT2D eigenvalue weighted by Gasteiger charge is 2.76. The molecule has 8 atom stereocenters. The van der Waals surface area contributed by atoms with Crippen molar-refractivity contribution in [2.24, 2.45) is 28.6 Å². The Balaban J connectivity index is 1.55. The van der Waals surface area contributed by atoms with Crippen molar-refractivity contribution in [3.05, 3.63) is 23.8 Å². The Morgan fingerprint density at radius 2 is 1.97 bits per heavy atom. The molecule has 1 aliphatic heterocycles. The minimum atomic E-state index is -4.86. The van der Waals surface area contributed by atoms with Gasteiger partial charge in [-0.25, -0.2) is 4.57 Å². The fourth-order valence-electron chi connectivity index (χ4n) is 8.17. The van der Waals surface area contributed by atoms with Gasteiger partial charge in [-0.05, 0) is 63.5 Å². The zero-order valence-electron chi connectivity index (χ0n) is 19.9. The lowest BCUT2D eigenvalue weighted by molar-refractivity contribution is -0.225. The van der Waals surface area contributed by atoms with Crippen LogP contribution in [0.4, 0.5) is 0 Å². The van der Waals surface area contributed by atoms with E-state index < -0.39 is 54.6 Å². The highest BCUT2D eigenvalue weighted by Crippen LogP contribution is 2.70. The molecule has 1 heterocycles. The van der Waals surface area contributed by atoms with E-state index in [2.05, 4.69) is 11.4 Å². The van der Waals surface area contributed by atoms with Crippen LogP contribution in [0.15, 0.2) is 23.8 Å². The summed E-state index contributed by atoms with van der Waals surface area (Å²) < 4.78 is 28.5. The monoisotopic (exact) mass is 496 g/mol. The van der Waals surface area contributed by atoms with E-state index in [0.717, 1.165) is 18.4 Å². The molecule has 10 heteroatoms. The third-order valence-corrected chi connectivity index (χ3v) is 9.73. The fourth-order valence-corrected chi connectivity index (χ4v) is 8.46. The summed E-state index contributed by atoms with van der Waals surface area (Å²) in [5.41, 5.74) is -1.72. The van der Waals surface area contributed by atoms with Gasteiger partial charge < -0.3 is 24.4 Å². The number of carbonyl (C=O) groups is 2. The highest BCUT2D eigenvalue weighted by molar-refractivity contribution is 7.46. The fraction of sp³-hybridized carbons (Fsp3) is 0.750. The van der Waals surface area contributed by atoms with Gasteiger partial charge >= 0.3 is 7.82 Å². The Labute approximate surface area is 198 Å². The van der Waals surface area contributed by atoms with Crippen LogP contribution >= 0.6 is 7.82 Å². The van der Waals surface area contributed by atoms with E-state index in [1.54, 1.807) is 26.0 Å². The molecule has 4 unspecified atom stereocenters. The Morgan fingerprint density at radius 1 is 1.26 bits per heavy atom. The third-order valence-electron chi connectivity index (χ3n) is 9.27. The molecule has 0 aromatic carbocycles. The molecule has 3 N–H and O–H groups in total. The number of rotatable bonds is 4. The van der Waals surface area contributed by atoms with Gasteiger partial charge in [0.05, 0.1) is 12.2 Å². The van der Waals surface area contributed by atoms with Crippen molar-refractivity contribution in [2.45, 2.75) is 77.0 Å². The van der Waals surface area contributed by atoms with Gasteiger partial charge in [0.25, 0.3) is 0 Å². The number of carbonyl (C=O) groups excluding carboxylic acids is 2. The maximum Gasteiger partial charge on any atom is 0.470 e. The van der Waals surface area contributed by atoms with Crippen molar-refractivity contribution in [3.63, 3.8) is 0 Å². The SMILES string of the molecule is CC1(C)O[C@H]2CC3C4CCC5=CC(=O)C=C[C@]5(C)C4C(O)C[C@]3(C)[C@]2(C(=O)COP(=O)(O)O)O1. The smallest absolute Gasteiger partial charge is 0.393 e. The molecule has 0 amide bonds. The molecule has 5 rings (SSSR count). The van der Waals surface area contributed by atoms with Crippen LogP contribution in [0.3, 0.4) is 0 Å². The predicted molar refractivity (Wildman–Crippen MR) is 119 cm³/mol. The minimum absolute atomic E-state index is 0.0228. The molecule has 0 aromatic heterocycles. The first-order valence-electron chi connectivity index (χ1n) is 11.9. The topological polar surface area (TPSA) is 140 Å². The summed E-state index contributed by atoms with van der Waals surface area (Å²) in [5.74, 6) is -1.77. The number of aliphatic hydroxyl groups is 1. The summed E-state index contributed by atoms with van der Waals surface area (Å²) >= 11 is 0. The molecule has 9 nitrogen and oxygen atoms in total. The molecule has 0 spiro atoms. The number of aliphatic hydroxyl groups excluding tert-OH is 1. The van der Waals surface area contributed by atoms with E-state index in [4.69, 9.17) is 9.47 Å². The first kappa shape index (κ1) is 24.5. The molecule has 4 aliphatic carbocycles. The number of hydrogen-bond donors (Lipinski definition) is 3. The van der Waals surface area contributed by atoms with Gasteiger partial charge in [-0.2, -0.15) is 0 Å². The second-order valence-electron chi connectivity index (χ2n) is 11.5. The molecule has 5 aliphatic rings. The molecule has 4 fully saturated rings. The lowest BCUT2D eigenvalue weighted by Crippen LogP contribution is -2.64. The summed E-state index contributed by atoms with van der Waals surface area (Å²) in [5, 5.41) is 11.6. The van der Waals surface area contributed by atoms with E-state index in [-0.39, 0.29) is 30.0 Å². The number of phosphoric acid groups is 1. The normalized spacial score (nSPS) is 46.9. The van der Waals surface area contributed by atoms with Gasteiger partial charge in [0.2, 0.25) is 0 Å². The molecular formula is C24H33O9P. The Bertz CT molecular complexity index is 1040. The first-order valence-corrected chi connectivity index (χ1v) is 13.4. The van der Waals surface area contributed by atoms with Crippen LogP contribution in [0.25, 0.3) is 0 Å². The zero-order valence-corrected chi connectivity index (χ0v) is 20.8. The minimum Gasteiger partial charge on any atom is -0.393 e. The van der Waals surface area contributed by atoms with Crippen LogP contribution in [0.1, 0.15) is 53.4 Å². The average Bonchev–Trinajstić information content (AvgIpc) is 3.12. The molecule has 34 heavy (non-hydrogen) atoms. The maximum atomic E-state index is 13.6. The van der Waals surface area contributed by atoms with Crippen LogP contribution < -0.4 is 0 Å². The van der Waals surface area contributed by atoms with E-state index in [0.29, 0.717) is 6.42 Å². The second-order valence-corrected chi connectivity index (χ2v) is 12.7. The largest absolute Gasteiger partial charge is 0.470 e. The summed E-state index contributed by atoms with van der Waals surface area (Å²) in [6.07, 6.45) is 6.11. The number of allylic oxidation sites excluding steroid dienone is 4. The van der Waals surface area contributed by atoms with Crippen molar-refractivity contribution in [3.8, 4) is 0 Å². The molecule has 1 saturated heterocycles. The molecule has 188 valence electrons. The van der Waals surface area contributed by atoms with Crippen molar-refractivity contribution < 1.29 is 43.0 Å². The van der Waals surface area contributed by atoms with Crippen LogP contribution in [0.5, 0.6) is 0 Å². The Kier molecular flexibility index (Phi) is 5.34. The van der Waals surface area contributed by atoms with Gasteiger partial charge in [-0.1, -0.05) is 25.5 Å². The summed E-state index contributed by atoms with van der Waals surface area (Å²) in [4.78, 5) is 44.0. The molecule has 0 aromatic rings. The summed E-state index contributed by atoms with van der Waals surface area (Å²) in [6, 6.07) is 0. The van der Waals surface area contributed by atoms with E-state index >= 15 is 0 Å². The van der Waals surface area contributed by atoms with Gasteiger partial charge in [0.1, 0.15) is 6.61 Å². The summed E-state index contributed by atoms with van der Waals surface area (Å²) in [7, 11) is -4.86. The lowest BCUT2D eigenvalue weighted by atomic mass is 9.46. The van der Waals surface area contributed by atoms with Crippen LogP contribution in [-0.4, -0.2) is 56.7 Å². The van der Waals surface area contributed by atoms with Gasteiger partial charge in [-0.3, -0.25) is 14.1 Å². The third kappa shape index (κ3) is 3.32. The van der Waals surface area contributed by atoms with Gasteiger partial charge in [0.15, 0.2) is 23.0 Å². The van der Waals surface area contributed by atoms with Crippen LogP contribution in [0.2, 0.25) is 0 Å². The number of Topliss-reactive ketones (excluding diaryl/α,β-unsaturated/α-hetero) is 1. The van der Waals surface area contributed by atoms with Crippen molar-refractivity contribution in [1.29, 1.82) is 0 Å².